The van der Waals surface area contributed by atoms with Crippen LogP contribution >= 0.6 is 0 Å². The summed E-state index contributed by atoms with van der Waals surface area (Å²) >= 11 is 0. The van der Waals surface area contributed by atoms with Gasteiger partial charge in [0, 0.05) is 6.42 Å². The number of hydrogen-bond acceptors (Lipinski definition) is 3. The summed E-state index contributed by atoms with van der Waals surface area (Å²) < 4.78 is 62.8. The summed E-state index contributed by atoms with van der Waals surface area (Å²) in [6, 6.07) is 16.2. The van der Waals surface area contributed by atoms with Gasteiger partial charge < -0.3 is 5.73 Å². The summed E-state index contributed by atoms with van der Waals surface area (Å²) in [5.74, 6) is 0. The first-order valence-electron chi connectivity index (χ1n) is 6.63. The zero-order valence-electron chi connectivity index (χ0n) is 11.9. The summed E-state index contributed by atoms with van der Waals surface area (Å²) in [4.78, 5) is 0. The molecule has 0 saturated heterocycles. The number of alkyl halides is 3. The monoisotopic (exact) mass is 344 g/mol. The van der Waals surface area contributed by atoms with Crippen molar-refractivity contribution in [1.29, 1.82) is 0 Å². The Morgan fingerprint density at radius 1 is 0.913 bits per heavy atom. The van der Waals surface area contributed by atoms with Gasteiger partial charge >= 0.3 is 15.5 Å². The summed E-state index contributed by atoms with van der Waals surface area (Å²) in [5.41, 5.74) is -0.483. The fourth-order valence-corrected chi connectivity index (χ4v) is 2.93. The molecule has 0 aliphatic rings. The van der Waals surface area contributed by atoms with E-state index in [0.717, 1.165) is 0 Å². The third kappa shape index (κ3) is 4.10. The third-order valence-corrected chi connectivity index (χ3v) is 4.48. The molecule has 3 N–H and O–H groups in total. The lowest BCUT2D eigenvalue weighted by Crippen LogP contribution is -2.57. The molecule has 2 aromatic carbocycles. The minimum Gasteiger partial charge on any atom is -0.308 e. The van der Waals surface area contributed by atoms with E-state index in [9.17, 15) is 21.6 Å². The Morgan fingerprint density at radius 3 is 1.87 bits per heavy atom. The maximum Gasteiger partial charge on any atom is 0.511 e. The lowest BCUT2D eigenvalue weighted by Gasteiger charge is -2.31. The van der Waals surface area contributed by atoms with Crippen LogP contribution in [0.15, 0.2) is 60.7 Å². The topological polar surface area (TPSA) is 72.2 Å². The molecule has 1 unspecified atom stereocenters. The van der Waals surface area contributed by atoms with Gasteiger partial charge in [0.25, 0.3) is 0 Å². The number of benzene rings is 2. The van der Waals surface area contributed by atoms with Crippen molar-refractivity contribution in [3.63, 3.8) is 0 Å². The van der Waals surface area contributed by atoms with E-state index in [4.69, 9.17) is 5.73 Å². The van der Waals surface area contributed by atoms with Gasteiger partial charge in [-0.2, -0.15) is 17.9 Å². The Hall–Kier alpha value is -1.90. The van der Waals surface area contributed by atoms with Crippen LogP contribution in [0.2, 0.25) is 0 Å². The highest BCUT2D eigenvalue weighted by Crippen LogP contribution is 2.28. The van der Waals surface area contributed by atoms with Crippen molar-refractivity contribution in [2.45, 2.75) is 17.6 Å². The Balaban J connectivity index is 2.44. The van der Waals surface area contributed by atoms with Crippen LogP contribution in [0, 0.1) is 0 Å². The molecule has 0 heterocycles. The summed E-state index contributed by atoms with van der Waals surface area (Å²) in [6.07, 6.45) is -0.132. The molecule has 4 nitrogen and oxygen atoms in total. The van der Waals surface area contributed by atoms with E-state index in [1.165, 1.54) is 12.1 Å². The van der Waals surface area contributed by atoms with Crippen LogP contribution in [0.25, 0.3) is 0 Å². The van der Waals surface area contributed by atoms with Crippen molar-refractivity contribution >= 4 is 10.0 Å². The van der Waals surface area contributed by atoms with E-state index >= 15 is 0 Å². The van der Waals surface area contributed by atoms with Gasteiger partial charge in [-0.3, -0.25) is 0 Å². The van der Waals surface area contributed by atoms with Gasteiger partial charge in [-0.25, -0.2) is 8.42 Å². The molecule has 0 spiro atoms. The van der Waals surface area contributed by atoms with Gasteiger partial charge in [0.1, 0.15) is 5.66 Å². The van der Waals surface area contributed by atoms with E-state index in [-0.39, 0.29) is 12.0 Å². The maximum absolute atomic E-state index is 12.7. The van der Waals surface area contributed by atoms with Crippen molar-refractivity contribution < 1.29 is 21.6 Å². The first-order valence-corrected chi connectivity index (χ1v) is 8.11. The molecule has 0 aromatic heterocycles. The molecule has 0 aliphatic heterocycles. The molecule has 124 valence electrons. The minimum absolute atomic E-state index is 0.132. The van der Waals surface area contributed by atoms with Crippen LogP contribution in [-0.4, -0.2) is 13.9 Å². The number of nitrogens with one attached hydrogen (secondary N) is 1. The molecule has 8 heteroatoms. The van der Waals surface area contributed by atoms with Gasteiger partial charge in [-0.15, -0.1) is 0 Å². The highest BCUT2D eigenvalue weighted by atomic mass is 32.2. The molecular weight excluding hydrogens is 329 g/mol. The normalized spacial score (nSPS) is 15.1. The second-order valence-corrected chi connectivity index (χ2v) is 6.72. The molecule has 2 aromatic rings. The fraction of sp³-hybridized carbons (Fsp3) is 0.200. The largest absolute Gasteiger partial charge is 0.511 e. The summed E-state index contributed by atoms with van der Waals surface area (Å²) in [5, 5.41) is 0. The van der Waals surface area contributed by atoms with Crippen LogP contribution in [-0.2, 0) is 22.1 Å². The molecule has 0 amide bonds. The molecule has 0 fully saturated rings. The Labute approximate surface area is 132 Å². The number of halogens is 3. The minimum atomic E-state index is -5.60. The Bertz CT molecular complexity index is 749. The molecule has 0 aliphatic carbocycles. The van der Waals surface area contributed by atoms with E-state index in [1.807, 2.05) is 0 Å². The first kappa shape index (κ1) is 17.5. The van der Waals surface area contributed by atoms with E-state index in [1.54, 1.807) is 53.3 Å². The fourth-order valence-electron chi connectivity index (χ4n) is 2.15. The molecule has 0 bridgehead atoms. The van der Waals surface area contributed by atoms with E-state index in [0.29, 0.717) is 5.56 Å². The average Bonchev–Trinajstić information content (AvgIpc) is 2.47. The van der Waals surface area contributed by atoms with Crippen molar-refractivity contribution in [3.8, 4) is 0 Å². The first-order chi connectivity index (χ1) is 10.6. The van der Waals surface area contributed by atoms with Crippen molar-refractivity contribution in [2.24, 2.45) is 5.73 Å². The molecular formula is C15H15F3N2O2S. The maximum atomic E-state index is 12.7. The zero-order valence-corrected chi connectivity index (χ0v) is 12.7. The number of sulfonamides is 1. The smallest absolute Gasteiger partial charge is 0.308 e. The van der Waals surface area contributed by atoms with Crippen molar-refractivity contribution in [3.05, 3.63) is 71.8 Å². The van der Waals surface area contributed by atoms with Crippen LogP contribution in [0.3, 0.4) is 0 Å². The number of rotatable bonds is 5. The number of nitrogens with two attached hydrogens (primary N) is 1. The predicted octanol–water partition coefficient (Wildman–Crippen LogP) is 2.48. The molecule has 0 saturated carbocycles. The number of hydrogen-bond donors (Lipinski definition) is 2. The Kier molecular flexibility index (Phi) is 4.79. The Morgan fingerprint density at radius 2 is 1.39 bits per heavy atom. The van der Waals surface area contributed by atoms with Crippen LogP contribution in [0.1, 0.15) is 11.1 Å². The SMILES string of the molecule is NC(Cc1ccccc1)(NS(=O)(=O)C(F)(F)F)c1ccccc1. The molecule has 0 radical (unpaired) electrons. The van der Waals surface area contributed by atoms with Crippen LogP contribution < -0.4 is 10.5 Å². The van der Waals surface area contributed by atoms with Crippen LogP contribution in [0.5, 0.6) is 0 Å². The van der Waals surface area contributed by atoms with E-state index in [2.05, 4.69) is 0 Å². The summed E-state index contributed by atoms with van der Waals surface area (Å²) in [7, 11) is -5.60. The third-order valence-electron chi connectivity index (χ3n) is 3.24. The second kappa shape index (κ2) is 6.31. The second-order valence-electron chi connectivity index (χ2n) is 5.05. The van der Waals surface area contributed by atoms with Gasteiger partial charge in [-0.05, 0) is 11.1 Å². The summed E-state index contributed by atoms with van der Waals surface area (Å²) in [6.45, 7) is 0. The lowest BCUT2D eigenvalue weighted by atomic mass is 9.94. The van der Waals surface area contributed by atoms with Gasteiger partial charge in [0.2, 0.25) is 0 Å². The molecule has 2 rings (SSSR count). The zero-order chi connectivity index (χ0) is 17.1. The standard InChI is InChI=1S/C15H15F3N2O2S/c16-15(17,18)23(21,22)20-14(19,13-9-5-2-6-10-13)11-12-7-3-1-4-8-12/h1-10,20H,11,19H2. The van der Waals surface area contributed by atoms with Crippen molar-refractivity contribution in [2.75, 3.05) is 0 Å². The molecule has 1 atom stereocenters. The highest BCUT2D eigenvalue weighted by Gasteiger charge is 2.49. The van der Waals surface area contributed by atoms with E-state index < -0.39 is 21.2 Å². The van der Waals surface area contributed by atoms with Gasteiger partial charge in [-0.1, -0.05) is 60.7 Å². The van der Waals surface area contributed by atoms with Gasteiger partial charge in [0.05, 0.1) is 0 Å². The molecule has 23 heavy (non-hydrogen) atoms. The van der Waals surface area contributed by atoms with Crippen molar-refractivity contribution in [1.82, 2.24) is 4.72 Å². The predicted molar refractivity (Wildman–Crippen MR) is 80.6 cm³/mol. The lowest BCUT2D eigenvalue weighted by molar-refractivity contribution is -0.0457. The van der Waals surface area contributed by atoms with Gasteiger partial charge in [0.15, 0.2) is 0 Å². The van der Waals surface area contributed by atoms with Crippen LogP contribution in [0.4, 0.5) is 13.2 Å². The quantitative estimate of drug-likeness (QED) is 0.819. The highest BCUT2D eigenvalue weighted by molar-refractivity contribution is 7.90. The average molecular weight is 344 g/mol.